The molecule has 3 aromatic heterocycles. The lowest BCUT2D eigenvalue weighted by Crippen LogP contribution is -2.20. The van der Waals surface area contributed by atoms with Gasteiger partial charge in [-0.1, -0.05) is 60.7 Å². The first-order valence-electron chi connectivity index (χ1n) is 11.0. The highest BCUT2D eigenvalue weighted by Gasteiger charge is 2.21. The number of nitrogens with one attached hydrogen (secondary N) is 2. The molecule has 184 valence electrons. The lowest BCUT2D eigenvalue weighted by Gasteiger charge is -2.10. The molecule has 0 atom stereocenters. The minimum Gasteiger partial charge on any atom is -0.501 e. The number of amides is 1. The summed E-state index contributed by atoms with van der Waals surface area (Å²) in [4.78, 5) is 43.0. The molecular weight excluding hydrogens is 494 g/mol. The van der Waals surface area contributed by atoms with Crippen molar-refractivity contribution in [2.45, 2.75) is 6.54 Å². The Morgan fingerprint density at radius 3 is 2.35 bits per heavy atom. The molecule has 5 aromatic rings. The zero-order valence-electron chi connectivity index (χ0n) is 19.1. The maximum Gasteiger partial charge on any atom is 0.358 e. The van der Waals surface area contributed by atoms with Crippen molar-refractivity contribution in [3.8, 4) is 39.0 Å². The summed E-state index contributed by atoms with van der Waals surface area (Å²) in [6, 6.07) is 22.8. The molecule has 5 rings (SSSR count). The lowest BCUT2D eigenvalue weighted by molar-refractivity contribution is -0.116. The SMILES string of the molecule is O=C(Cn1nc(-c2ccccc2)cc1-c1ccccc1)Nc1ccsc1-c1nc(C(=O)O)c(O)c(=O)[nH]1. The minimum atomic E-state index is -1.55. The van der Waals surface area contributed by atoms with Crippen molar-refractivity contribution < 1.29 is 19.8 Å². The molecule has 2 aromatic carbocycles. The van der Waals surface area contributed by atoms with E-state index >= 15 is 0 Å². The molecule has 0 unspecified atom stereocenters. The Balaban J connectivity index is 1.45. The average molecular weight is 514 g/mol. The van der Waals surface area contributed by atoms with Crippen LogP contribution in [0, 0.1) is 0 Å². The molecule has 0 aliphatic carbocycles. The van der Waals surface area contributed by atoms with E-state index in [1.165, 1.54) is 0 Å². The number of nitrogens with zero attached hydrogens (tertiary/aromatic N) is 3. The Kier molecular flexibility index (Phi) is 6.35. The van der Waals surface area contributed by atoms with E-state index in [9.17, 15) is 24.6 Å². The smallest absolute Gasteiger partial charge is 0.358 e. The van der Waals surface area contributed by atoms with Crippen molar-refractivity contribution in [1.29, 1.82) is 0 Å². The van der Waals surface area contributed by atoms with Gasteiger partial charge in [-0.15, -0.1) is 11.3 Å². The maximum atomic E-state index is 13.1. The number of anilines is 1. The van der Waals surface area contributed by atoms with E-state index in [1.807, 2.05) is 66.7 Å². The molecule has 37 heavy (non-hydrogen) atoms. The van der Waals surface area contributed by atoms with Crippen LogP contribution in [-0.2, 0) is 11.3 Å². The zero-order chi connectivity index (χ0) is 25.9. The fourth-order valence-corrected chi connectivity index (χ4v) is 4.56. The predicted octanol–water partition coefficient (Wildman–Crippen LogP) is 4.07. The third-order valence-corrected chi connectivity index (χ3v) is 6.39. The number of hydrogen-bond donors (Lipinski definition) is 4. The molecule has 1 amide bonds. The number of benzene rings is 2. The number of carbonyl (C=O) groups excluding carboxylic acids is 1. The van der Waals surface area contributed by atoms with Crippen molar-refractivity contribution in [2.75, 3.05) is 5.32 Å². The van der Waals surface area contributed by atoms with Gasteiger partial charge in [0, 0.05) is 5.56 Å². The number of aromatic amines is 1. The van der Waals surface area contributed by atoms with Gasteiger partial charge < -0.3 is 20.5 Å². The van der Waals surface area contributed by atoms with Crippen molar-refractivity contribution in [2.24, 2.45) is 0 Å². The van der Waals surface area contributed by atoms with Crippen LogP contribution < -0.4 is 10.9 Å². The van der Waals surface area contributed by atoms with Gasteiger partial charge in [0.2, 0.25) is 11.7 Å². The summed E-state index contributed by atoms with van der Waals surface area (Å²) in [6.45, 7) is -0.105. The first-order valence-corrected chi connectivity index (χ1v) is 11.9. The molecule has 11 heteroatoms. The van der Waals surface area contributed by atoms with Crippen molar-refractivity contribution in [1.82, 2.24) is 19.7 Å². The summed E-state index contributed by atoms with van der Waals surface area (Å²) < 4.78 is 1.61. The highest BCUT2D eigenvalue weighted by molar-refractivity contribution is 7.14. The Bertz CT molecular complexity index is 1660. The van der Waals surface area contributed by atoms with Crippen LogP contribution in [0.3, 0.4) is 0 Å². The van der Waals surface area contributed by atoms with Crippen LogP contribution in [0.25, 0.3) is 33.2 Å². The number of carboxylic acid groups (broad SMARTS) is 1. The van der Waals surface area contributed by atoms with E-state index in [-0.39, 0.29) is 18.3 Å². The highest BCUT2D eigenvalue weighted by Crippen LogP contribution is 2.32. The molecule has 0 aliphatic heterocycles. The van der Waals surface area contributed by atoms with E-state index in [0.29, 0.717) is 10.6 Å². The summed E-state index contributed by atoms with van der Waals surface area (Å²) in [7, 11) is 0. The number of aromatic hydroxyl groups is 1. The molecule has 3 heterocycles. The van der Waals surface area contributed by atoms with Crippen LogP contribution in [-0.4, -0.2) is 41.8 Å². The molecule has 0 bridgehead atoms. The molecule has 0 fully saturated rings. The van der Waals surface area contributed by atoms with E-state index in [4.69, 9.17) is 0 Å². The number of aromatic carboxylic acids is 1. The van der Waals surface area contributed by atoms with Gasteiger partial charge in [0.25, 0.3) is 5.56 Å². The molecule has 0 radical (unpaired) electrons. The molecule has 10 nitrogen and oxygen atoms in total. The predicted molar refractivity (Wildman–Crippen MR) is 139 cm³/mol. The Morgan fingerprint density at radius 2 is 1.68 bits per heavy atom. The lowest BCUT2D eigenvalue weighted by atomic mass is 10.1. The third kappa shape index (κ3) is 4.88. The van der Waals surface area contributed by atoms with Gasteiger partial charge in [0.1, 0.15) is 6.54 Å². The Labute approximate surface area is 213 Å². The number of carboxylic acids is 1. The second-order valence-electron chi connectivity index (χ2n) is 7.93. The highest BCUT2D eigenvalue weighted by atomic mass is 32.1. The third-order valence-electron chi connectivity index (χ3n) is 5.46. The van der Waals surface area contributed by atoms with Crippen LogP contribution in [0.5, 0.6) is 5.75 Å². The maximum absolute atomic E-state index is 13.1. The summed E-state index contributed by atoms with van der Waals surface area (Å²) in [6.07, 6.45) is 0. The summed E-state index contributed by atoms with van der Waals surface area (Å²) in [5.74, 6) is -3.01. The number of rotatable bonds is 7. The van der Waals surface area contributed by atoms with Gasteiger partial charge >= 0.3 is 5.97 Å². The Hall–Kier alpha value is -5.03. The fourth-order valence-electron chi connectivity index (χ4n) is 3.77. The number of carbonyl (C=O) groups is 2. The number of thiophene rings is 1. The first-order chi connectivity index (χ1) is 17.9. The van der Waals surface area contributed by atoms with Crippen LogP contribution in [0.4, 0.5) is 5.69 Å². The van der Waals surface area contributed by atoms with Gasteiger partial charge in [-0.05, 0) is 23.1 Å². The average Bonchev–Trinajstić information content (AvgIpc) is 3.53. The molecule has 0 saturated carbocycles. The van der Waals surface area contributed by atoms with E-state index in [1.54, 1.807) is 16.1 Å². The number of hydrogen-bond acceptors (Lipinski definition) is 7. The summed E-state index contributed by atoms with van der Waals surface area (Å²) in [5.41, 5.74) is 1.85. The van der Waals surface area contributed by atoms with Gasteiger partial charge in [-0.3, -0.25) is 14.3 Å². The molecule has 4 N–H and O–H groups in total. The molecule has 0 aliphatic rings. The van der Waals surface area contributed by atoms with Gasteiger partial charge in [0.15, 0.2) is 11.5 Å². The fraction of sp³-hybridized carbons (Fsp3) is 0.0385. The minimum absolute atomic E-state index is 0.0825. The van der Waals surface area contributed by atoms with Crippen molar-refractivity contribution >= 4 is 28.9 Å². The normalized spacial score (nSPS) is 10.8. The van der Waals surface area contributed by atoms with Gasteiger partial charge in [-0.2, -0.15) is 5.10 Å². The number of H-pyrrole nitrogens is 1. The number of aromatic nitrogens is 4. The zero-order valence-corrected chi connectivity index (χ0v) is 19.9. The topological polar surface area (TPSA) is 150 Å². The molecule has 0 saturated heterocycles. The second-order valence-corrected chi connectivity index (χ2v) is 8.85. The first kappa shape index (κ1) is 23.7. The van der Waals surface area contributed by atoms with E-state index < -0.39 is 23.0 Å². The quantitative estimate of drug-likeness (QED) is 0.256. The largest absolute Gasteiger partial charge is 0.501 e. The Morgan fingerprint density at radius 1 is 1.00 bits per heavy atom. The van der Waals surface area contributed by atoms with Crippen molar-refractivity contribution in [3.05, 3.63) is 94.2 Å². The van der Waals surface area contributed by atoms with E-state index in [0.717, 1.165) is 33.9 Å². The van der Waals surface area contributed by atoms with E-state index in [2.05, 4.69) is 20.4 Å². The van der Waals surface area contributed by atoms with Gasteiger partial charge in [-0.25, -0.2) is 9.78 Å². The van der Waals surface area contributed by atoms with Crippen LogP contribution >= 0.6 is 11.3 Å². The van der Waals surface area contributed by atoms with Crippen molar-refractivity contribution in [3.63, 3.8) is 0 Å². The van der Waals surface area contributed by atoms with Crippen LogP contribution in [0.15, 0.2) is 83.0 Å². The van der Waals surface area contributed by atoms with Gasteiger partial charge in [0.05, 0.1) is 22.0 Å². The second kappa shape index (κ2) is 9.91. The van der Waals surface area contributed by atoms with Crippen LogP contribution in [0.2, 0.25) is 0 Å². The standard InChI is InChI=1S/C26H19N5O5S/c32-20(27-17-11-12-37-23(17)24-28-21(26(35)36)22(33)25(34)29-24)14-31-19(16-9-5-2-6-10-16)13-18(30-31)15-7-3-1-4-8-15/h1-13,33H,14H2,(H,27,32)(H,35,36)(H,28,29,34). The summed E-state index contributed by atoms with van der Waals surface area (Å²) in [5, 5.41) is 28.1. The van der Waals surface area contributed by atoms with Crippen LogP contribution in [0.1, 0.15) is 10.5 Å². The molecule has 0 spiro atoms. The monoisotopic (exact) mass is 513 g/mol. The summed E-state index contributed by atoms with van der Waals surface area (Å²) >= 11 is 1.14. The molecular formula is C26H19N5O5S.